The predicted molar refractivity (Wildman–Crippen MR) is 82.1 cm³/mol. The van der Waals surface area contributed by atoms with E-state index in [1.807, 2.05) is 0 Å². The van der Waals surface area contributed by atoms with Crippen LogP contribution >= 0.6 is 0 Å². The Balaban J connectivity index is 1.43. The minimum Gasteiger partial charge on any atom is -0.481 e. The predicted octanol–water partition coefficient (Wildman–Crippen LogP) is 2.91. The third kappa shape index (κ3) is 2.55. The molecule has 22 heavy (non-hydrogen) atoms. The number of carbonyl (C=O) groups excluding carboxylic acids is 1. The highest BCUT2D eigenvalue weighted by Crippen LogP contribution is 2.48. The zero-order valence-electron chi connectivity index (χ0n) is 13.2. The SMILES string of the molecule is O=C(O)C1CCC(C(=O)N2CC3CC4CC(C3)CC2C4)CC1. The molecule has 0 spiro atoms. The van der Waals surface area contributed by atoms with Crippen molar-refractivity contribution >= 4 is 11.9 Å². The number of hydrogen-bond donors (Lipinski definition) is 1. The molecule has 122 valence electrons. The van der Waals surface area contributed by atoms with Crippen LogP contribution in [0.4, 0.5) is 0 Å². The van der Waals surface area contributed by atoms with Crippen molar-refractivity contribution in [2.24, 2.45) is 29.6 Å². The molecule has 5 rings (SSSR count). The van der Waals surface area contributed by atoms with Crippen LogP contribution in [0.3, 0.4) is 0 Å². The lowest BCUT2D eigenvalue weighted by molar-refractivity contribution is -0.146. The van der Waals surface area contributed by atoms with Crippen molar-refractivity contribution < 1.29 is 14.7 Å². The summed E-state index contributed by atoms with van der Waals surface area (Å²) in [5.41, 5.74) is 0. The van der Waals surface area contributed by atoms with E-state index in [9.17, 15) is 9.59 Å². The van der Waals surface area contributed by atoms with Crippen LogP contribution < -0.4 is 0 Å². The third-order valence-corrected chi connectivity index (χ3v) is 6.82. The van der Waals surface area contributed by atoms with Crippen LogP contribution in [0.1, 0.15) is 57.8 Å². The normalized spacial score (nSPS) is 43.9. The average Bonchev–Trinajstić information content (AvgIpc) is 2.70. The summed E-state index contributed by atoms with van der Waals surface area (Å²) < 4.78 is 0. The molecular weight excluding hydrogens is 278 g/mol. The van der Waals surface area contributed by atoms with Crippen LogP contribution in [0.5, 0.6) is 0 Å². The Hall–Kier alpha value is -1.06. The lowest BCUT2D eigenvalue weighted by Crippen LogP contribution is -2.45. The zero-order chi connectivity index (χ0) is 15.3. The van der Waals surface area contributed by atoms with E-state index in [2.05, 4.69) is 4.90 Å². The summed E-state index contributed by atoms with van der Waals surface area (Å²) >= 11 is 0. The molecule has 2 unspecified atom stereocenters. The molecule has 4 nitrogen and oxygen atoms in total. The molecule has 1 N–H and O–H groups in total. The van der Waals surface area contributed by atoms with E-state index < -0.39 is 5.97 Å². The molecule has 3 aliphatic carbocycles. The van der Waals surface area contributed by atoms with Gasteiger partial charge in [0.25, 0.3) is 0 Å². The monoisotopic (exact) mass is 305 g/mol. The fourth-order valence-electron chi connectivity index (χ4n) is 5.88. The van der Waals surface area contributed by atoms with Crippen LogP contribution in [0.15, 0.2) is 0 Å². The number of fused-ring (bicyclic) bond motifs is 1. The van der Waals surface area contributed by atoms with E-state index >= 15 is 0 Å². The van der Waals surface area contributed by atoms with Gasteiger partial charge in [0.15, 0.2) is 0 Å². The second-order valence-corrected chi connectivity index (χ2v) is 8.31. The van der Waals surface area contributed by atoms with Crippen LogP contribution in [0.25, 0.3) is 0 Å². The van der Waals surface area contributed by atoms with Crippen molar-refractivity contribution in [1.29, 1.82) is 0 Å². The van der Waals surface area contributed by atoms with E-state index in [4.69, 9.17) is 5.11 Å². The van der Waals surface area contributed by atoms with E-state index in [1.165, 1.54) is 32.1 Å². The van der Waals surface area contributed by atoms with Gasteiger partial charge >= 0.3 is 5.97 Å². The molecule has 2 heterocycles. The summed E-state index contributed by atoms with van der Waals surface area (Å²) in [5, 5.41) is 9.11. The molecule has 2 aliphatic heterocycles. The van der Waals surface area contributed by atoms with E-state index in [0.717, 1.165) is 37.1 Å². The number of aliphatic carboxylic acids is 1. The number of amides is 1. The maximum atomic E-state index is 13.0. The lowest BCUT2D eigenvalue weighted by atomic mass is 9.68. The second-order valence-electron chi connectivity index (χ2n) is 8.31. The van der Waals surface area contributed by atoms with Gasteiger partial charge < -0.3 is 10.0 Å². The number of rotatable bonds is 2. The third-order valence-electron chi connectivity index (χ3n) is 6.82. The van der Waals surface area contributed by atoms with Crippen molar-refractivity contribution in [2.75, 3.05) is 6.54 Å². The number of hydrogen-bond acceptors (Lipinski definition) is 2. The van der Waals surface area contributed by atoms with Crippen molar-refractivity contribution in [3.05, 3.63) is 0 Å². The van der Waals surface area contributed by atoms with Gasteiger partial charge in [-0.25, -0.2) is 0 Å². The Bertz CT molecular complexity index is 455. The van der Waals surface area contributed by atoms with E-state index in [-0.39, 0.29) is 11.8 Å². The maximum absolute atomic E-state index is 13.0. The van der Waals surface area contributed by atoms with Crippen molar-refractivity contribution in [3.8, 4) is 0 Å². The maximum Gasteiger partial charge on any atom is 0.306 e. The molecule has 5 aliphatic rings. The van der Waals surface area contributed by atoms with Gasteiger partial charge in [0.1, 0.15) is 0 Å². The quantitative estimate of drug-likeness (QED) is 0.853. The number of carboxylic acids is 1. The molecule has 5 fully saturated rings. The Morgan fingerprint density at radius 2 is 1.32 bits per heavy atom. The Morgan fingerprint density at radius 3 is 1.91 bits per heavy atom. The standard InChI is InChI=1S/C18H27NO3/c20-17(14-1-3-15(4-2-14)18(21)22)19-10-13-6-11-5-12(7-13)9-16(19)8-11/h11-16H,1-10H2,(H,21,22). The highest BCUT2D eigenvalue weighted by Gasteiger charge is 2.45. The number of nitrogens with zero attached hydrogens (tertiary/aromatic N) is 1. The highest BCUT2D eigenvalue weighted by molar-refractivity contribution is 5.80. The molecule has 1 amide bonds. The van der Waals surface area contributed by atoms with Crippen LogP contribution in [0, 0.1) is 29.6 Å². The molecule has 0 aromatic heterocycles. The van der Waals surface area contributed by atoms with Gasteiger partial charge in [0, 0.05) is 18.5 Å². The molecule has 2 saturated heterocycles. The molecule has 0 radical (unpaired) electrons. The fraction of sp³-hybridized carbons (Fsp3) is 0.889. The van der Waals surface area contributed by atoms with Gasteiger partial charge in [-0.2, -0.15) is 0 Å². The van der Waals surface area contributed by atoms with Gasteiger partial charge in [-0.3, -0.25) is 9.59 Å². The van der Waals surface area contributed by atoms with Gasteiger partial charge in [-0.1, -0.05) is 0 Å². The topological polar surface area (TPSA) is 57.6 Å². The first kappa shape index (κ1) is 14.5. The molecule has 3 saturated carbocycles. The van der Waals surface area contributed by atoms with Crippen LogP contribution in [-0.4, -0.2) is 34.5 Å². The second kappa shape index (κ2) is 5.54. The summed E-state index contributed by atoms with van der Waals surface area (Å²) in [7, 11) is 0. The van der Waals surface area contributed by atoms with Crippen molar-refractivity contribution in [1.82, 2.24) is 4.90 Å². The fourth-order valence-corrected chi connectivity index (χ4v) is 5.88. The van der Waals surface area contributed by atoms with Gasteiger partial charge in [-0.05, 0) is 75.5 Å². The van der Waals surface area contributed by atoms with Crippen LogP contribution in [0.2, 0.25) is 0 Å². The van der Waals surface area contributed by atoms with Gasteiger partial charge in [0.2, 0.25) is 5.91 Å². The first-order valence-electron chi connectivity index (χ1n) is 9.13. The largest absolute Gasteiger partial charge is 0.481 e. The number of carboxylic acid groups (broad SMARTS) is 1. The minimum absolute atomic E-state index is 0.0891. The Kier molecular flexibility index (Phi) is 3.66. The molecule has 4 heteroatoms. The molecular formula is C18H27NO3. The first-order valence-corrected chi connectivity index (χ1v) is 9.13. The summed E-state index contributed by atoms with van der Waals surface area (Å²) in [5.74, 6) is 1.99. The zero-order valence-corrected chi connectivity index (χ0v) is 13.2. The van der Waals surface area contributed by atoms with Crippen molar-refractivity contribution in [2.45, 2.75) is 63.8 Å². The molecule has 4 bridgehead atoms. The van der Waals surface area contributed by atoms with Crippen LogP contribution in [-0.2, 0) is 9.59 Å². The Morgan fingerprint density at radius 1 is 0.773 bits per heavy atom. The van der Waals surface area contributed by atoms with Crippen molar-refractivity contribution in [3.63, 3.8) is 0 Å². The summed E-state index contributed by atoms with van der Waals surface area (Å²) in [4.78, 5) is 26.3. The molecule has 0 aromatic carbocycles. The number of carbonyl (C=O) groups is 2. The van der Waals surface area contributed by atoms with Gasteiger partial charge in [-0.15, -0.1) is 0 Å². The highest BCUT2D eigenvalue weighted by atomic mass is 16.4. The van der Waals surface area contributed by atoms with Gasteiger partial charge in [0.05, 0.1) is 5.92 Å². The molecule has 0 aromatic rings. The summed E-state index contributed by atoms with van der Waals surface area (Å²) in [6, 6.07) is 0.487. The molecule has 2 atom stereocenters. The lowest BCUT2D eigenvalue weighted by Gasteiger charge is -2.40. The van der Waals surface area contributed by atoms with E-state index in [1.54, 1.807) is 0 Å². The summed E-state index contributed by atoms with van der Waals surface area (Å²) in [6.45, 7) is 0.982. The Labute approximate surface area is 132 Å². The first-order chi connectivity index (χ1) is 10.6. The summed E-state index contributed by atoms with van der Waals surface area (Å²) in [6.07, 6.45) is 9.43. The smallest absolute Gasteiger partial charge is 0.306 e. The minimum atomic E-state index is -0.684. The average molecular weight is 305 g/mol. The van der Waals surface area contributed by atoms with E-state index in [0.29, 0.717) is 24.8 Å².